The minimum Gasteiger partial charge on any atom is -0.0991 e. The first-order valence-corrected chi connectivity index (χ1v) is 7.96. The van der Waals surface area contributed by atoms with E-state index in [1.54, 1.807) is 5.57 Å². The van der Waals surface area contributed by atoms with Crippen LogP contribution in [-0.4, -0.2) is 0 Å². The third-order valence-electron chi connectivity index (χ3n) is 4.12. The molecule has 0 N–H and O–H groups in total. The molecular formula is C19H30. The van der Waals surface area contributed by atoms with Crippen LogP contribution in [0.5, 0.6) is 0 Å². The summed E-state index contributed by atoms with van der Waals surface area (Å²) in [6.45, 7) is 12.3. The highest BCUT2D eigenvalue weighted by Crippen LogP contribution is 2.49. The molecule has 3 atom stereocenters. The molecule has 0 heteroatoms. The maximum Gasteiger partial charge on any atom is 0.00197 e. The molecule has 1 fully saturated rings. The highest BCUT2D eigenvalue weighted by Gasteiger charge is 2.38. The minimum atomic E-state index is 0.567. The average molecular weight is 258 g/mol. The molecule has 0 bridgehead atoms. The molecule has 0 aromatic rings. The fourth-order valence-electron chi connectivity index (χ4n) is 2.83. The first kappa shape index (κ1) is 16.0. The number of hydrogen-bond acceptors (Lipinski definition) is 0. The van der Waals surface area contributed by atoms with E-state index < -0.39 is 0 Å². The van der Waals surface area contributed by atoms with E-state index in [1.165, 1.54) is 24.8 Å². The zero-order valence-corrected chi connectivity index (χ0v) is 13.2. The fourth-order valence-corrected chi connectivity index (χ4v) is 2.83. The summed E-state index contributed by atoms with van der Waals surface area (Å²) in [5, 5.41) is 0. The normalized spacial score (nSPS) is 26.9. The molecular weight excluding hydrogens is 228 g/mol. The Bertz CT molecular complexity index is 367. The van der Waals surface area contributed by atoms with Gasteiger partial charge < -0.3 is 0 Å². The Labute approximate surface area is 120 Å². The highest BCUT2D eigenvalue weighted by atomic mass is 14.4. The second-order valence-corrected chi connectivity index (χ2v) is 5.37. The van der Waals surface area contributed by atoms with Gasteiger partial charge in [0.25, 0.3) is 0 Å². The summed E-state index contributed by atoms with van der Waals surface area (Å²) in [6.07, 6.45) is 16.4. The van der Waals surface area contributed by atoms with E-state index in [1.807, 2.05) is 19.9 Å². The molecule has 2 aliphatic carbocycles. The van der Waals surface area contributed by atoms with Gasteiger partial charge >= 0.3 is 0 Å². The van der Waals surface area contributed by atoms with E-state index in [0.717, 1.165) is 18.3 Å². The van der Waals surface area contributed by atoms with Gasteiger partial charge in [-0.15, -0.1) is 0 Å². The summed E-state index contributed by atoms with van der Waals surface area (Å²) in [5.74, 6) is 2.52. The quantitative estimate of drug-likeness (QED) is 0.414. The van der Waals surface area contributed by atoms with Gasteiger partial charge in [-0.1, -0.05) is 70.2 Å². The lowest BCUT2D eigenvalue weighted by atomic mass is 9.85. The Morgan fingerprint density at radius 3 is 2.79 bits per heavy atom. The lowest BCUT2D eigenvalue weighted by molar-refractivity contribution is 0.610. The standard InChI is InChI=1S/C17H24.C2H6/c1-4-6-8-14(7-5-2)13(3)15-9-10-16-12-17(16)11-15;1-2/h5-8,11,13,16-17H,2,4,9-10,12H2,1,3H3;1-2H3/b8-6-,14-7+;. The lowest BCUT2D eigenvalue weighted by Gasteiger charge is -2.20. The fraction of sp³-hybridized carbons (Fsp3) is 0.579. The zero-order chi connectivity index (χ0) is 14.3. The van der Waals surface area contributed by atoms with E-state index in [0.29, 0.717) is 5.92 Å². The van der Waals surface area contributed by atoms with Gasteiger partial charge in [0.05, 0.1) is 0 Å². The third-order valence-corrected chi connectivity index (χ3v) is 4.12. The number of rotatable bonds is 5. The van der Waals surface area contributed by atoms with E-state index in [2.05, 4.69) is 44.7 Å². The molecule has 1 saturated carbocycles. The van der Waals surface area contributed by atoms with Gasteiger partial charge in [0, 0.05) is 5.92 Å². The van der Waals surface area contributed by atoms with Crippen LogP contribution < -0.4 is 0 Å². The number of allylic oxidation sites excluding steroid dienone is 7. The molecule has 0 aliphatic heterocycles. The lowest BCUT2D eigenvalue weighted by Crippen LogP contribution is -2.06. The Balaban J connectivity index is 0.000000861. The van der Waals surface area contributed by atoms with Crippen molar-refractivity contribution in [2.45, 2.75) is 53.4 Å². The van der Waals surface area contributed by atoms with Crippen molar-refractivity contribution >= 4 is 0 Å². The maximum atomic E-state index is 3.83. The molecule has 0 nitrogen and oxygen atoms in total. The molecule has 3 unspecified atom stereocenters. The predicted octanol–water partition coefficient (Wildman–Crippen LogP) is 6.08. The Kier molecular flexibility index (Phi) is 6.91. The molecule has 0 spiro atoms. The topological polar surface area (TPSA) is 0 Å². The molecule has 0 radical (unpaired) electrons. The molecule has 2 rings (SSSR count). The van der Waals surface area contributed by atoms with Crippen molar-refractivity contribution in [3.63, 3.8) is 0 Å². The van der Waals surface area contributed by atoms with E-state index in [4.69, 9.17) is 0 Å². The summed E-state index contributed by atoms with van der Waals surface area (Å²) in [5.41, 5.74) is 3.06. The Morgan fingerprint density at radius 1 is 1.47 bits per heavy atom. The molecule has 19 heavy (non-hydrogen) atoms. The van der Waals surface area contributed by atoms with Crippen LogP contribution in [0, 0.1) is 17.8 Å². The van der Waals surface area contributed by atoms with Gasteiger partial charge in [0.1, 0.15) is 0 Å². The van der Waals surface area contributed by atoms with Crippen molar-refractivity contribution < 1.29 is 0 Å². The summed E-state index contributed by atoms with van der Waals surface area (Å²) in [7, 11) is 0. The van der Waals surface area contributed by atoms with Crippen molar-refractivity contribution in [1.29, 1.82) is 0 Å². The molecule has 106 valence electrons. The van der Waals surface area contributed by atoms with E-state index >= 15 is 0 Å². The van der Waals surface area contributed by atoms with Gasteiger partial charge in [-0.2, -0.15) is 0 Å². The largest absolute Gasteiger partial charge is 0.0991 e. The van der Waals surface area contributed by atoms with Crippen LogP contribution in [0.2, 0.25) is 0 Å². The molecule has 0 heterocycles. The van der Waals surface area contributed by atoms with Crippen LogP contribution in [0.3, 0.4) is 0 Å². The zero-order valence-electron chi connectivity index (χ0n) is 13.2. The summed E-state index contributed by atoms with van der Waals surface area (Å²) < 4.78 is 0. The Morgan fingerprint density at radius 2 is 2.21 bits per heavy atom. The second kappa shape index (κ2) is 8.19. The van der Waals surface area contributed by atoms with Gasteiger partial charge in [-0.05, 0) is 43.1 Å². The molecule has 0 saturated heterocycles. The number of hydrogen-bond donors (Lipinski definition) is 0. The van der Waals surface area contributed by atoms with Gasteiger partial charge in [-0.25, -0.2) is 0 Å². The summed E-state index contributed by atoms with van der Waals surface area (Å²) in [6, 6.07) is 0. The number of fused-ring (bicyclic) bond motifs is 1. The van der Waals surface area contributed by atoms with Gasteiger partial charge in [0.2, 0.25) is 0 Å². The molecule has 0 aromatic heterocycles. The summed E-state index contributed by atoms with van der Waals surface area (Å²) >= 11 is 0. The average Bonchev–Trinajstić information content (AvgIpc) is 3.23. The maximum absolute atomic E-state index is 3.83. The van der Waals surface area contributed by atoms with E-state index in [-0.39, 0.29) is 0 Å². The third kappa shape index (κ3) is 4.53. The van der Waals surface area contributed by atoms with Crippen LogP contribution in [-0.2, 0) is 0 Å². The summed E-state index contributed by atoms with van der Waals surface area (Å²) in [4.78, 5) is 0. The molecule has 0 aromatic carbocycles. The Hall–Kier alpha value is -1.04. The van der Waals surface area contributed by atoms with Crippen molar-refractivity contribution in [3.05, 3.63) is 48.1 Å². The monoisotopic (exact) mass is 258 g/mol. The van der Waals surface area contributed by atoms with Crippen molar-refractivity contribution in [2.75, 3.05) is 0 Å². The van der Waals surface area contributed by atoms with Gasteiger partial charge in [0.15, 0.2) is 0 Å². The second-order valence-electron chi connectivity index (χ2n) is 5.37. The van der Waals surface area contributed by atoms with Crippen LogP contribution in [0.4, 0.5) is 0 Å². The van der Waals surface area contributed by atoms with Crippen LogP contribution in [0.1, 0.15) is 53.4 Å². The molecule has 2 aliphatic rings. The first-order chi connectivity index (χ1) is 9.26. The van der Waals surface area contributed by atoms with E-state index in [9.17, 15) is 0 Å². The van der Waals surface area contributed by atoms with Crippen molar-refractivity contribution in [1.82, 2.24) is 0 Å². The minimum absolute atomic E-state index is 0.567. The van der Waals surface area contributed by atoms with Crippen molar-refractivity contribution in [2.24, 2.45) is 17.8 Å². The molecule has 0 amide bonds. The SMILES string of the molecule is C=C/C=C(\C=C/CC)C(C)C1=CC2CC2CC1.CC. The smallest absolute Gasteiger partial charge is 0.00197 e. The highest BCUT2D eigenvalue weighted by molar-refractivity contribution is 5.33. The van der Waals surface area contributed by atoms with Crippen LogP contribution in [0.25, 0.3) is 0 Å². The van der Waals surface area contributed by atoms with Crippen molar-refractivity contribution in [3.8, 4) is 0 Å². The van der Waals surface area contributed by atoms with Gasteiger partial charge in [-0.3, -0.25) is 0 Å². The first-order valence-electron chi connectivity index (χ1n) is 7.96. The van der Waals surface area contributed by atoms with Crippen LogP contribution in [0.15, 0.2) is 48.1 Å². The van der Waals surface area contributed by atoms with Crippen LogP contribution >= 0.6 is 0 Å². The predicted molar refractivity (Wildman–Crippen MR) is 87.1 cm³/mol.